The fourth-order valence-corrected chi connectivity index (χ4v) is 3.32. The Morgan fingerprint density at radius 3 is 2.50 bits per heavy atom. The van der Waals surface area contributed by atoms with Crippen LogP contribution in [0, 0.1) is 11.6 Å². The predicted molar refractivity (Wildman–Crippen MR) is 104 cm³/mol. The highest BCUT2D eigenvalue weighted by molar-refractivity contribution is 5.96. The third kappa shape index (κ3) is 3.87. The predicted octanol–water partition coefficient (Wildman–Crippen LogP) is 0.993. The first kappa shape index (κ1) is 19.9. The van der Waals surface area contributed by atoms with E-state index in [-0.39, 0.29) is 28.7 Å². The van der Waals surface area contributed by atoms with Crippen LogP contribution in [-0.2, 0) is 11.3 Å². The number of carbonyl (C=O) groups is 1. The number of aromatic amines is 1. The number of nitrogens with one attached hydrogen (secondary N) is 2. The zero-order valence-corrected chi connectivity index (χ0v) is 15.8. The van der Waals surface area contributed by atoms with Crippen molar-refractivity contribution in [3.8, 4) is 0 Å². The van der Waals surface area contributed by atoms with E-state index < -0.39 is 28.5 Å². The quantitative estimate of drug-likeness (QED) is 0.662. The number of morpholine rings is 1. The van der Waals surface area contributed by atoms with Crippen LogP contribution < -0.4 is 16.4 Å². The van der Waals surface area contributed by atoms with E-state index in [1.54, 1.807) is 5.01 Å². The Balaban J connectivity index is 1.81. The Morgan fingerprint density at radius 2 is 1.80 bits per heavy atom. The molecule has 2 N–H and O–H groups in total. The van der Waals surface area contributed by atoms with E-state index in [4.69, 9.17) is 4.74 Å². The molecule has 3 aromatic rings. The highest BCUT2D eigenvalue weighted by atomic mass is 19.1. The van der Waals surface area contributed by atoms with Crippen molar-refractivity contribution in [3.63, 3.8) is 0 Å². The first-order valence-corrected chi connectivity index (χ1v) is 9.27. The molecule has 0 bridgehead atoms. The van der Waals surface area contributed by atoms with E-state index in [2.05, 4.69) is 10.4 Å². The Labute approximate surface area is 168 Å². The summed E-state index contributed by atoms with van der Waals surface area (Å²) in [7, 11) is 0. The third-order valence-corrected chi connectivity index (χ3v) is 4.87. The normalized spacial score (nSPS) is 14.7. The molecule has 3 heterocycles. The maximum absolute atomic E-state index is 14.2. The van der Waals surface area contributed by atoms with Gasteiger partial charge < -0.3 is 14.3 Å². The van der Waals surface area contributed by atoms with Gasteiger partial charge in [0.25, 0.3) is 5.91 Å². The van der Waals surface area contributed by atoms with Crippen LogP contribution in [0.1, 0.15) is 15.9 Å². The van der Waals surface area contributed by atoms with Crippen LogP contribution in [0.15, 0.2) is 46.1 Å². The minimum Gasteiger partial charge on any atom is -0.379 e. The number of amides is 1. The van der Waals surface area contributed by atoms with E-state index in [0.29, 0.717) is 26.3 Å². The Kier molecular flexibility index (Phi) is 5.42. The van der Waals surface area contributed by atoms with Crippen LogP contribution in [0.2, 0.25) is 0 Å². The van der Waals surface area contributed by atoms with Crippen LogP contribution in [-0.4, -0.2) is 46.8 Å². The van der Waals surface area contributed by atoms with Crippen molar-refractivity contribution in [2.24, 2.45) is 0 Å². The van der Waals surface area contributed by atoms with E-state index in [9.17, 15) is 23.2 Å². The number of hydrogen-bond donors (Lipinski definition) is 2. The van der Waals surface area contributed by atoms with Crippen LogP contribution in [0.5, 0.6) is 0 Å². The minimum absolute atomic E-state index is 0.117. The second kappa shape index (κ2) is 8.17. The Morgan fingerprint density at radius 1 is 1.10 bits per heavy atom. The van der Waals surface area contributed by atoms with Crippen molar-refractivity contribution in [1.82, 2.24) is 20.0 Å². The number of rotatable bonds is 4. The molecule has 1 aromatic carbocycles. The van der Waals surface area contributed by atoms with Crippen LogP contribution in [0.3, 0.4) is 0 Å². The molecule has 1 saturated heterocycles. The molecule has 0 spiro atoms. The number of H-pyrrole nitrogens is 1. The van der Waals surface area contributed by atoms with Gasteiger partial charge in [-0.05, 0) is 18.2 Å². The molecular weight excluding hydrogens is 398 g/mol. The second-order valence-electron chi connectivity index (χ2n) is 6.82. The zero-order valence-electron chi connectivity index (χ0n) is 15.8. The molecule has 1 aliphatic heterocycles. The maximum Gasteiger partial charge on any atom is 0.271 e. The zero-order chi connectivity index (χ0) is 21.3. The standard InChI is InChI=1S/C20H18F2N4O4/c21-14-2-1-3-15(22)12(14)10-25-11-13(20(29)24-26-6-8-30-9-7-26)19(28)18-16(25)4-5-17(27)23-18/h1-5,11H,6-10H2,(H,23,27)(H,24,29). The second-order valence-corrected chi connectivity index (χ2v) is 6.82. The lowest BCUT2D eigenvalue weighted by atomic mass is 10.1. The molecular formula is C20H18F2N4O4. The van der Waals surface area contributed by atoms with Gasteiger partial charge in [-0.3, -0.25) is 19.8 Å². The first-order valence-electron chi connectivity index (χ1n) is 9.27. The summed E-state index contributed by atoms with van der Waals surface area (Å²) < 4.78 is 34.9. The molecule has 2 aromatic heterocycles. The molecule has 1 aliphatic rings. The van der Waals surface area contributed by atoms with Crippen molar-refractivity contribution in [2.75, 3.05) is 26.3 Å². The average molecular weight is 416 g/mol. The van der Waals surface area contributed by atoms with E-state index in [1.807, 2.05) is 0 Å². The maximum atomic E-state index is 14.2. The number of pyridine rings is 2. The van der Waals surface area contributed by atoms with Crippen molar-refractivity contribution >= 4 is 16.9 Å². The molecule has 1 fully saturated rings. The number of ether oxygens (including phenoxy) is 1. The molecule has 30 heavy (non-hydrogen) atoms. The van der Waals surface area contributed by atoms with Crippen molar-refractivity contribution in [1.29, 1.82) is 0 Å². The molecule has 0 aliphatic carbocycles. The summed E-state index contributed by atoms with van der Waals surface area (Å²) in [6.45, 7) is 1.49. The van der Waals surface area contributed by atoms with Gasteiger partial charge in [-0.25, -0.2) is 13.8 Å². The van der Waals surface area contributed by atoms with E-state index in [1.165, 1.54) is 29.0 Å². The number of nitrogens with zero attached hydrogens (tertiary/aromatic N) is 2. The lowest BCUT2D eigenvalue weighted by Crippen LogP contribution is -2.49. The first-order chi connectivity index (χ1) is 14.4. The van der Waals surface area contributed by atoms with Crippen molar-refractivity contribution in [3.05, 3.63) is 79.9 Å². The minimum atomic E-state index is -0.759. The summed E-state index contributed by atoms with van der Waals surface area (Å²) >= 11 is 0. The van der Waals surface area contributed by atoms with Gasteiger partial charge in [0, 0.05) is 30.9 Å². The molecule has 0 atom stereocenters. The molecule has 10 heteroatoms. The van der Waals surface area contributed by atoms with Gasteiger partial charge in [-0.2, -0.15) is 0 Å². The van der Waals surface area contributed by atoms with E-state index in [0.717, 1.165) is 12.1 Å². The van der Waals surface area contributed by atoms with Gasteiger partial charge in [-0.15, -0.1) is 0 Å². The fourth-order valence-electron chi connectivity index (χ4n) is 3.32. The Bertz CT molecular complexity index is 1210. The van der Waals surface area contributed by atoms with Crippen molar-refractivity contribution < 1.29 is 18.3 Å². The van der Waals surface area contributed by atoms with Gasteiger partial charge in [0.15, 0.2) is 0 Å². The topological polar surface area (TPSA) is 96.4 Å². The van der Waals surface area contributed by atoms with Crippen LogP contribution in [0.4, 0.5) is 8.78 Å². The van der Waals surface area contributed by atoms with Crippen LogP contribution >= 0.6 is 0 Å². The third-order valence-electron chi connectivity index (χ3n) is 4.87. The van der Waals surface area contributed by atoms with Gasteiger partial charge in [-0.1, -0.05) is 6.07 Å². The SMILES string of the molecule is O=C(NN1CCOCC1)c1cn(Cc2c(F)cccc2F)c2ccc(=O)[nH]c2c1=O. The highest BCUT2D eigenvalue weighted by Crippen LogP contribution is 2.17. The Hall–Kier alpha value is -3.37. The molecule has 0 unspecified atom stereocenters. The summed E-state index contributed by atoms with van der Waals surface area (Å²) in [6, 6.07) is 6.06. The van der Waals surface area contributed by atoms with Gasteiger partial charge >= 0.3 is 0 Å². The number of halogens is 2. The summed E-state index contributed by atoms with van der Waals surface area (Å²) in [5.74, 6) is -2.20. The molecule has 8 nitrogen and oxygen atoms in total. The summed E-state index contributed by atoms with van der Waals surface area (Å²) in [6.07, 6.45) is 1.24. The molecule has 1 amide bonds. The largest absolute Gasteiger partial charge is 0.379 e. The molecule has 0 radical (unpaired) electrons. The molecule has 0 saturated carbocycles. The number of hydrazine groups is 1. The number of benzene rings is 1. The molecule has 156 valence electrons. The fraction of sp³-hybridized carbons (Fsp3) is 0.250. The lowest BCUT2D eigenvalue weighted by molar-refractivity contribution is 0.0126. The highest BCUT2D eigenvalue weighted by Gasteiger charge is 2.20. The average Bonchev–Trinajstić information content (AvgIpc) is 2.73. The smallest absolute Gasteiger partial charge is 0.271 e. The van der Waals surface area contributed by atoms with Crippen LogP contribution in [0.25, 0.3) is 11.0 Å². The number of carbonyl (C=O) groups excluding carboxylic acids is 1. The monoisotopic (exact) mass is 416 g/mol. The van der Waals surface area contributed by atoms with E-state index >= 15 is 0 Å². The summed E-state index contributed by atoms with van der Waals surface area (Å²) in [5, 5.41) is 1.62. The lowest BCUT2D eigenvalue weighted by Gasteiger charge is -2.27. The number of hydrogen-bond acceptors (Lipinski definition) is 5. The number of aromatic nitrogens is 2. The molecule has 4 rings (SSSR count). The summed E-state index contributed by atoms with van der Waals surface area (Å²) in [5.41, 5.74) is 1.05. The van der Waals surface area contributed by atoms with Gasteiger partial charge in [0.2, 0.25) is 11.0 Å². The number of fused-ring (bicyclic) bond motifs is 1. The van der Waals surface area contributed by atoms with Gasteiger partial charge in [0.05, 0.1) is 25.3 Å². The van der Waals surface area contributed by atoms with Gasteiger partial charge in [0.1, 0.15) is 22.7 Å². The summed E-state index contributed by atoms with van der Waals surface area (Å²) in [4.78, 5) is 39.8. The van der Waals surface area contributed by atoms with Crippen molar-refractivity contribution in [2.45, 2.75) is 6.54 Å².